The van der Waals surface area contributed by atoms with Crippen LogP contribution in [-0.2, 0) is 4.79 Å². The molecular formula is C21H25N3O4S. The number of nitrogens with zero attached hydrogens (tertiary/aromatic N) is 2. The van der Waals surface area contributed by atoms with E-state index in [1.54, 1.807) is 35.2 Å². The predicted octanol–water partition coefficient (Wildman–Crippen LogP) is 4.51. The molecule has 0 saturated carbocycles. The molecule has 0 bridgehead atoms. The molecule has 2 amide bonds. The van der Waals surface area contributed by atoms with Crippen LogP contribution in [0.2, 0.25) is 0 Å². The van der Waals surface area contributed by atoms with Gasteiger partial charge in [0.2, 0.25) is 5.91 Å². The van der Waals surface area contributed by atoms with Crippen molar-refractivity contribution in [2.24, 2.45) is 0 Å². The summed E-state index contributed by atoms with van der Waals surface area (Å²) in [6.45, 7) is 7.07. The smallest absolute Gasteiger partial charge is 0.269 e. The summed E-state index contributed by atoms with van der Waals surface area (Å²) in [6, 6.07) is 13.3. The van der Waals surface area contributed by atoms with Crippen LogP contribution in [-0.4, -0.2) is 40.5 Å². The fourth-order valence-electron chi connectivity index (χ4n) is 2.77. The van der Waals surface area contributed by atoms with E-state index in [-0.39, 0.29) is 28.5 Å². The number of nitrogens with one attached hydrogen (secondary N) is 1. The van der Waals surface area contributed by atoms with Crippen molar-refractivity contribution < 1.29 is 14.5 Å². The molecule has 0 aliphatic heterocycles. The topological polar surface area (TPSA) is 92.6 Å². The van der Waals surface area contributed by atoms with Crippen LogP contribution >= 0.6 is 11.8 Å². The Morgan fingerprint density at radius 2 is 1.79 bits per heavy atom. The molecule has 0 aliphatic rings. The number of nitro groups is 1. The lowest BCUT2D eigenvalue weighted by Gasteiger charge is -2.18. The first-order chi connectivity index (χ1) is 13.8. The third-order valence-corrected chi connectivity index (χ3v) is 5.68. The third kappa shape index (κ3) is 6.32. The van der Waals surface area contributed by atoms with Crippen molar-refractivity contribution in [1.29, 1.82) is 0 Å². The first-order valence-electron chi connectivity index (χ1n) is 9.40. The van der Waals surface area contributed by atoms with Gasteiger partial charge in [-0.15, -0.1) is 11.8 Å². The fourth-order valence-corrected chi connectivity index (χ4v) is 3.59. The lowest BCUT2D eigenvalue weighted by atomic mass is 10.1. The maximum Gasteiger partial charge on any atom is 0.269 e. The summed E-state index contributed by atoms with van der Waals surface area (Å²) in [5.41, 5.74) is 2.05. The number of carbonyl (C=O) groups is 2. The molecule has 0 spiro atoms. The number of benzene rings is 2. The molecular weight excluding hydrogens is 390 g/mol. The summed E-state index contributed by atoms with van der Waals surface area (Å²) in [5, 5.41) is 13.6. The minimum absolute atomic E-state index is 0.0331. The zero-order chi connectivity index (χ0) is 21.4. The molecule has 0 aliphatic carbocycles. The Hall–Kier alpha value is -2.87. The second-order valence-corrected chi connectivity index (χ2v) is 7.74. The largest absolute Gasteiger partial charge is 0.339 e. The summed E-state index contributed by atoms with van der Waals surface area (Å²) >= 11 is 1.40. The molecule has 0 aromatic heterocycles. The van der Waals surface area contributed by atoms with E-state index in [1.165, 1.54) is 23.9 Å². The Morgan fingerprint density at radius 3 is 2.38 bits per heavy atom. The number of carbonyl (C=O) groups excluding carboxylic acids is 2. The van der Waals surface area contributed by atoms with Gasteiger partial charge >= 0.3 is 0 Å². The van der Waals surface area contributed by atoms with E-state index in [1.807, 2.05) is 26.8 Å². The van der Waals surface area contributed by atoms with Gasteiger partial charge in [-0.25, -0.2) is 0 Å². The molecule has 1 atom stereocenters. The normalized spacial score (nSPS) is 11.6. The second-order valence-electron chi connectivity index (χ2n) is 6.41. The van der Waals surface area contributed by atoms with E-state index in [4.69, 9.17) is 0 Å². The molecule has 0 unspecified atom stereocenters. The maximum atomic E-state index is 12.3. The summed E-state index contributed by atoms with van der Waals surface area (Å²) < 4.78 is 0. The second kappa shape index (κ2) is 10.6. The van der Waals surface area contributed by atoms with Crippen molar-refractivity contribution in [3.05, 3.63) is 69.8 Å². The van der Waals surface area contributed by atoms with Crippen molar-refractivity contribution in [3.8, 4) is 0 Å². The van der Waals surface area contributed by atoms with E-state index in [0.29, 0.717) is 24.3 Å². The number of hydrogen-bond donors (Lipinski definition) is 1. The highest BCUT2D eigenvalue weighted by Crippen LogP contribution is 2.30. The van der Waals surface area contributed by atoms with E-state index < -0.39 is 4.92 Å². The maximum absolute atomic E-state index is 12.3. The predicted molar refractivity (Wildman–Crippen MR) is 116 cm³/mol. The number of rotatable bonds is 9. The Balaban J connectivity index is 1.90. The van der Waals surface area contributed by atoms with Crippen molar-refractivity contribution in [3.63, 3.8) is 0 Å². The lowest BCUT2D eigenvalue weighted by molar-refractivity contribution is -0.384. The summed E-state index contributed by atoms with van der Waals surface area (Å²) in [6.07, 6.45) is 0. The van der Waals surface area contributed by atoms with Gasteiger partial charge in [0, 0.05) is 41.7 Å². The highest BCUT2D eigenvalue weighted by atomic mass is 32.2. The molecule has 0 fully saturated rings. The lowest BCUT2D eigenvalue weighted by Crippen LogP contribution is -2.30. The Labute approximate surface area is 174 Å². The standard InChI is InChI=1S/C21H25N3O4S/c1-4-23(5-2)21(26)16-9-11-18(12-10-16)22-20(25)14-29-15(3)17-7-6-8-19(13-17)24(27)28/h6-13,15H,4-5,14H2,1-3H3,(H,22,25)/t15-/m0/s1. The van der Waals surface area contributed by atoms with E-state index in [2.05, 4.69) is 5.32 Å². The van der Waals surface area contributed by atoms with Gasteiger partial charge in [-0.05, 0) is 50.6 Å². The van der Waals surface area contributed by atoms with Gasteiger partial charge < -0.3 is 10.2 Å². The minimum atomic E-state index is -0.428. The molecule has 8 heteroatoms. The van der Waals surface area contributed by atoms with Gasteiger partial charge in [0.05, 0.1) is 10.7 Å². The van der Waals surface area contributed by atoms with Gasteiger partial charge in [0.15, 0.2) is 0 Å². The van der Waals surface area contributed by atoms with Gasteiger partial charge in [-0.1, -0.05) is 12.1 Å². The van der Waals surface area contributed by atoms with Crippen LogP contribution in [0.25, 0.3) is 0 Å². The van der Waals surface area contributed by atoms with Gasteiger partial charge in [0.1, 0.15) is 0 Å². The number of non-ortho nitro benzene ring substituents is 1. The van der Waals surface area contributed by atoms with E-state index in [0.717, 1.165) is 5.56 Å². The summed E-state index contributed by atoms with van der Waals surface area (Å²) in [7, 11) is 0. The van der Waals surface area contributed by atoms with Crippen molar-refractivity contribution in [1.82, 2.24) is 4.90 Å². The van der Waals surface area contributed by atoms with E-state index >= 15 is 0 Å². The summed E-state index contributed by atoms with van der Waals surface area (Å²) in [4.78, 5) is 36.7. The Bertz CT molecular complexity index is 866. The highest BCUT2D eigenvalue weighted by molar-refractivity contribution is 8.00. The number of nitro benzene ring substituents is 1. The average Bonchev–Trinajstić information content (AvgIpc) is 2.73. The average molecular weight is 416 g/mol. The Kier molecular flexibility index (Phi) is 8.21. The number of hydrogen-bond acceptors (Lipinski definition) is 5. The molecule has 7 nitrogen and oxygen atoms in total. The van der Waals surface area contributed by atoms with Crippen LogP contribution in [0.4, 0.5) is 11.4 Å². The van der Waals surface area contributed by atoms with Gasteiger partial charge in [0.25, 0.3) is 11.6 Å². The molecule has 29 heavy (non-hydrogen) atoms. The molecule has 154 valence electrons. The molecule has 0 saturated heterocycles. The third-order valence-electron chi connectivity index (χ3n) is 4.48. The first kappa shape index (κ1) is 22.4. The molecule has 2 aromatic carbocycles. The van der Waals surface area contributed by atoms with Crippen molar-refractivity contribution in [2.75, 3.05) is 24.2 Å². The van der Waals surface area contributed by atoms with E-state index in [9.17, 15) is 19.7 Å². The molecule has 0 heterocycles. The molecule has 2 rings (SSSR count). The first-order valence-corrected chi connectivity index (χ1v) is 10.5. The van der Waals surface area contributed by atoms with Gasteiger partial charge in [-0.2, -0.15) is 0 Å². The number of anilines is 1. The Morgan fingerprint density at radius 1 is 1.14 bits per heavy atom. The number of amides is 2. The zero-order valence-corrected chi connectivity index (χ0v) is 17.6. The quantitative estimate of drug-likeness (QED) is 0.480. The van der Waals surface area contributed by atoms with Crippen molar-refractivity contribution >= 4 is 35.0 Å². The van der Waals surface area contributed by atoms with Crippen LogP contribution in [0, 0.1) is 10.1 Å². The monoisotopic (exact) mass is 415 g/mol. The van der Waals surface area contributed by atoms with Crippen LogP contribution < -0.4 is 5.32 Å². The van der Waals surface area contributed by atoms with Crippen LogP contribution in [0.15, 0.2) is 48.5 Å². The zero-order valence-electron chi connectivity index (χ0n) is 16.8. The minimum Gasteiger partial charge on any atom is -0.339 e. The molecule has 2 aromatic rings. The molecule has 1 N–H and O–H groups in total. The molecule has 0 radical (unpaired) electrons. The SMILES string of the molecule is CCN(CC)C(=O)c1ccc(NC(=O)CS[C@@H](C)c2cccc([N+](=O)[O-])c2)cc1. The van der Waals surface area contributed by atoms with Crippen LogP contribution in [0.3, 0.4) is 0 Å². The van der Waals surface area contributed by atoms with Crippen molar-refractivity contribution in [2.45, 2.75) is 26.0 Å². The van der Waals surface area contributed by atoms with Crippen LogP contribution in [0.5, 0.6) is 0 Å². The number of thioether (sulfide) groups is 1. The van der Waals surface area contributed by atoms with Gasteiger partial charge in [-0.3, -0.25) is 19.7 Å². The fraction of sp³-hybridized carbons (Fsp3) is 0.333. The van der Waals surface area contributed by atoms with Crippen LogP contribution in [0.1, 0.15) is 41.9 Å². The summed E-state index contributed by atoms with van der Waals surface area (Å²) in [5.74, 6) is 0.00795. The highest BCUT2D eigenvalue weighted by Gasteiger charge is 2.14.